The van der Waals surface area contributed by atoms with Crippen LogP contribution in [0.5, 0.6) is 11.5 Å². The van der Waals surface area contributed by atoms with Crippen molar-refractivity contribution in [3.8, 4) is 11.5 Å². The highest BCUT2D eigenvalue weighted by atomic mass is 16.5. The minimum atomic E-state index is -0.258. The van der Waals surface area contributed by atoms with Gasteiger partial charge in [0, 0.05) is 18.7 Å². The topological polar surface area (TPSA) is 75.7 Å². The van der Waals surface area contributed by atoms with E-state index in [0.717, 1.165) is 11.3 Å². The van der Waals surface area contributed by atoms with Crippen LogP contribution in [-0.4, -0.2) is 29.2 Å². The molecule has 2 aromatic rings. The number of carbonyl (C=O) groups excluding carboxylic acids is 3. The molecule has 30 heavy (non-hydrogen) atoms. The fraction of sp³-hybridized carbons (Fsp3) is 0.292. The number of hydrogen-bond acceptors (Lipinski definition) is 4. The lowest BCUT2D eigenvalue weighted by Crippen LogP contribution is -2.34. The number of nitrogens with one attached hydrogen (secondary N) is 1. The Labute approximate surface area is 175 Å². The van der Waals surface area contributed by atoms with Crippen LogP contribution < -0.4 is 10.1 Å². The molecule has 2 aliphatic rings. The van der Waals surface area contributed by atoms with Crippen molar-refractivity contribution in [3.63, 3.8) is 0 Å². The van der Waals surface area contributed by atoms with E-state index in [4.69, 9.17) is 4.74 Å². The first-order valence-electron chi connectivity index (χ1n) is 10.2. The Kier molecular flexibility index (Phi) is 5.65. The molecule has 0 bridgehead atoms. The quantitative estimate of drug-likeness (QED) is 0.582. The zero-order valence-electron chi connectivity index (χ0n) is 16.8. The number of benzene rings is 2. The summed E-state index contributed by atoms with van der Waals surface area (Å²) in [5.41, 5.74) is 1.75. The first-order chi connectivity index (χ1) is 14.5. The van der Waals surface area contributed by atoms with Crippen LogP contribution in [0.2, 0.25) is 0 Å². The van der Waals surface area contributed by atoms with E-state index in [1.807, 2.05) is 43.3 Å². The van der Waals surface area contributed by atoms with Crippen molar-refractivity contribution in [3.05, 3.63) is 66.2 Å². The average molecular weight is 404 g/mol. The Morgan fingerprint density at radius 1 is 1.00 bits per heavy atom. The lowest BCUT2D eigenvalue weighted by atomic mass is 9.85. The highest BCUT2D eigenvalue weighted by Gasteiger charge is 2.46. The van der Waals surface area contributed by atoms with Crippen molar-refractivity contribution in [1.29, 1.82) is 0 Å². The Morgan fingerprint density at radius 3 is 2.30 bits per heavy atom. The number of anilines is 1. The van der Waals surface area contributed by atoms with Crippen molar-refractivity contribution in [2.24, 2.45) is 11.8 Å². The number of rotatable bonds is 6. The summed E-state index contributed by atoms with van der Waals surface area (Å²) in [6, 6.07) is 14.8. The number of fused-ring (bicyclic) bond motifs is 1. The smallest absolute Gasteiger partial charge is 0.233 e. The van der Waals surface area contributed by atoms with Crippen LogP contribution in [0.15, 0.2) is 60.7 Å². The van der Waals surface area contributed by atoms with E-state index in [1.165, 1.54) is 4.90 Å². The summed E-state index contributed by atoms with van der Waals surface area (Å²) < 4.78 is 5.80. The summed E-state index contributed by atoms with van der Waals surface area (Å²) in [5.74, 6) is 0.360. The number of hydrogen-bond donors (Lipinski definition) is 1. The minimum absolute atomic E-state index is 0.0753. The second-order valence-electron chi connectivity index (χ2n) is 7.73. The van der Waals surface area contributed by atoms with Crippen LogP contribution in [-0.2, 0) is 14.4 Å². The van der Waals surface area contributed by atoms with Gasteiger partial charge in [-0.25, -0.2) is 0 Å². The number of likely N-dealkylation sites (tertiary alicyclic amines) is 1. The second-order valence-corrected chi connectivity index (χ2v) is 7.73. The van der Waals surface area contributed by atoms with Gasteiger partial charge in [0.05, 0.1) is 11.8 Å². The van der Waals surface area contributed by atoms with Gasteiger partial charge in [-0.05, 0) is 61.7 Å². The second kappa shape index (κ2) is 8.53. The van der Waals surface area contributed by atoms with Gasteiger partial charge in [-0.2, -0.15) is 0 Å². The van der Waals surface area contributed by atoms with Crippen LogP contribution in [0.3, 0.4) is 0 Å². The number of ether oxygens (including phenoxy) is 1. The number of nitrogens with zero attached hydrogens (tertiary/aromatic N) is 1. The Morgan fingerprint density at radius 2 is 1.67 bits per heavy atom. The molecule has 0 radical (unpaired) electrons. The normalized spacial score (nSPS) is 20.2. The van der Waals surface area contributed by atoms with Crippen LogP contribution in [0.1, 0.15) is 24.8 Å². The molecule has 1 saturated heterocycles. The van der Waals surface area contributed by atoms with Gasteiger partial charge in [0.1, 0.15) is 11.5 Å². The van der Waals surface area contributed by atoms with Crippen LogP contribution in [0.4, 0.5) is 5.69 Å². The van der Waals surface area contributed by atoms with Gasteiger partial charge < -0.3 is 10.1 Å². The predicted octanol–water partition coefficient (Wildman–Crippen LogP) is 4.07. The van der Waals surface area contributed by atoms with E-state index in [9.17, 15) is 14.4 Å². The summed E-state index contributed by atoms with van der Waals surface area (Å²) in [7, 11) is 0. The fourth-order valence-corrected chi connectivity index (χ4v) is 3.95. The van der Waals surface area contributed by atoms with E-state index < -0.39 is 0 Å². The van der Waals surface area contributed by atoms with Gasteiger partial charge in [0.25, 0.3) is 0 Å². The lowest BCUT2D eigenvalue weighted by Gasteiger charge is -2.14. The summed E-state index contributed by atoms with van der Waals surface area (Å²) in [4.78, 5) is 38.5. The molecular weight excluding hydrogens is 380 g/mol. The number of allylic oxidation sites excluding steroid dienone is 2. The summed E-state index contributed by atoms with van der Waals surface area (Å²) in [6.45, 7) is 2.12. The fourth-order valence-electron chi connectivity index (χ4n) is 3.95. The Bertz CT molecular complexity index is 971. The van der Waals surface area contributed by atoms with E-state index >= 15 is 0 Å². The van der Waals surface area contributed by atoms with Gasteiger partial charge in [-0.15, -0.1) is 0 Å². The molecule has 0 unspecified atom stereocenters. The third-order valence-electron chi connectivity index (χ3n) is 5.52. The maximum Gasteiger partial charge on any atom is 0.233 e. The molecular formula is C24H24N2O4. The average Bonchev–Trinajstić information content (AvgIpc) is 2.98. The molecule has 1 aliphatic heterocycles. The predicted molar refractivity (Wildman–Crippen MR) is 113 cm³/mol. The third-order valence-corrected chi connectivity index (χ3v) is 5.52. The first-order valence-corrected chi connectivity index (χ1v) is 10.2. The Hall–Kier alpha value is -3.41. The summed E-state index contributed by atoms with van der Waals surface area (Å²) in [6.07, 6.45) is 5.19. The molecule has 0 saturated carbocycles. The minimum Gasteiger partial charge on any atom is -0.457 e. The van der Waals surface area contributed by atoms with Crippen molar-refractivity contribution >= 4 is 23.4 Å². The van der Waals surface area contributed by atoms with Crippen LogP contribution in [0, 0.1) is 18.8 Å². The zero-order valence-corrected chi connectivity index (χ0v) is 16.8. The van der Waals surface area contributed by atoms with Crippen molar-refractivity contribution < 1.29 is 19.1 Å². The van der Waals surface area contributed by atoms with Crippen molar-refractivity contribution in [2.75, 3.05) is 11.9 Å². The SMILES string of the molecule is Cc1cccc(Oc2ccc(NC(=O)CCN3C(=O)[C@H]4CC=CC[C@@H]4C3=O)cc2)c1. The standard InChI is InChI=1S/C24H24N2O4/c1-16-5-4-6-19(15-16)30-18-11-9-17(10-12-18)25-22(27)13-14-26-23(28)20-7-2-3-8-21(20)24(26)29/h2-6,9-12,15,20-21H,7-8,13-14H2,1H3,(H,25,27)/t20-,21-/m0/s1. The number of amides is 3. The first kappa shape index (κ1) is 19.9. The molecule has 3 amide bonds. The molecule has 2 aromatic carbocycles. The number of aryl methyl sites for hydroxylation is 1. The monoisotopic (exact) mass is 404 g/mol. The van der Waals surface area contributed by atoms with Crippen LogP contribution in [0.25, 0.3) is 0 Å². The van der Waals surface area contributed by atoms with Gasteiger partial charge >= 0.3 is 0 Å². The largest absolute Gasteiger partial charge is 0.457 e. The molecule has 4 rings (SSSR count). The van der Waals surface area contributed by atoms with E-state index in [-0.39, 0.29) is 42.5 Å². The molecule has 1 fully saturated rings. The van der Waals surface area contributed by atoms with Crippen LogP contribution >= 0.6 is 0 Å². The van der Waals surface area contributed by atoms with Gasteiger partial charge in [0.15, 0.2) is 0 Å². The molecule has 6 heteroatoms. The van der Waals surface area contributed by atoms with E-state index in [1.54, 1.807) is 24.3 Å². The summed E-state index contributed by atoms with van der Waals surface area (Å²) in [5, 5.41) is 2.80. The molecule has 0 aromatic heterocycles. The molecule has 1 N–H and O–H groups in total. The summed E-state index contributed by atoms with van der Waals surface area (Å²) >= 11 is 0. The molecule has 1 aliphatic carbocycles. The van der Waals surface area contributed by atoms with E-state index in [0.29, 0.717) is 24.3 Å². The van der Waals surface area contributed by atoms with Crippen molar-refractivity contribution in [1.82, 2.24) is 4.90 Å². The highest BCUT2D eigenvalue weighted by molar-refractivity contribution is 6.05. The number of carbonyl (C=O) groups is 3. The molecule has 0 spiro atoms. The maximum absolute atomic E-state index is 12.5. The van der Waals surface area contributed by atoms with Gasteiger partial charge in [-0.1, -0.05) is 24.3 Å². The third kappa shape index (κ3) is 4.27. The zero-order chi connectivity index (χ0) is 21.1. The van der Waals surface area contributed by atoms with Gasteiger partial charge in [-0.3, -0.25) is 19.3 Å². The number of imide groups is 1. The maximum atomic E-state index is 12.5. The molecule has 6 nitrogen and oxygen atoms in total. The Balaban J connectivity index is 1.29. The van der Waals surface area contributed by atoms with E-state index in [2.05, 4.69) is 5.32 Å². The lowest BCUT2D eigenvalue weighted by molar-refractivity contribution is -0.140. The highest BCUT2D eigenvalue weighted by Crippen LogP contribution is 2.35. The molecule has 2 atom stereocenters. The molecule has 1 heterocycles. The molecule has 154 valence electrons. The van der Waals surface area contributed by atoms with Crippen molar-refractivity contribution in [2.45, 2.75) is 26.2 Å². The van der Waals surface area contributed by atoms with Gasteiger partial charge in [0.2, 0.25) is 17.7 Å².